The SMILES string of the molecule is CC(C)CNc1cc(C(=O)N[C@@H](Cc2ccccc2)[C@@H](O)CN[C@@H](C)C(=O)NC2CCCCC2)cc(N2CCCC2=O)c1. The molecule has 4 rings (SSSR count). The predicted molar refractivity (Wildman–Crippen MR) is 171 cm³/mol. The Hall–Kier alpha value is -3.43. The summed E-state index contributed by atoms with van der Waals surface area (Å²) < 4.78 is 0. The fraction of sp³-hybridized carbons (Fsp3) is 0.559. The van der Waals surface area contributed by atoms with Crippen LogP contribution in [-0.2, 0) is 16.0 Å². The zero-order valence-electron chi connectivity index (χ0n) is 25.9. The highest BCUT2D eigenvalue weighted by Crippen LogP contribution is 2.27. The van der Waals surface area contributed by atoms with Crippen molar-refractivity contribution in [2.75, 3.05) is 29.9 Å². The molecule has 3 atom stereocenters. The molecule has 1 aliphatic carbocycles. The lowest BCUT2D eigenvalue weighted by atomic mass is 9.95. The molecule has 1 aliphatic heterocycles. The molecule has 2 aliphatic rings. The van der Waals surface area contributed by atoms with E-state index in [0.717, 1.165) is 49.9 Å². The second-order valence-electron chi connectivity index (χ2n) is 12.5. The van der Waals surface area contributed by atoms with Crippen molar-refractivity contribution in [3.8, 4) is 0 Å². The highest BCUT2D eigenvalue weighted by Gasteiger charge is 2.27. The Morgan fingerprint density at radius 1 is 0.977 bits per heavy atom. The van der Waals surface area contributed by atoms with Crippen LogP contribution in [0.15, 0.2) is 48.5 Å². The van der Waals surface area contributed by atoms with E-state index >= 15 is 0 Å². The van der Waals surface area contributed by atoms with Crippen LogP contribution in [0.4, 0.5) is 11.4 Å². The summed E-state index contributed by atoms with van der Waals surface area (Å²) in [5.41, 5.74) is 2.87. The van der Waals surface area contributed by atoms with Crippen molar-refractivity contribution in [3.05, 3.63) is 59.7 Å². The number of carbonyl (C=O) groups excluding carboxylic acids is 3. The molecule has 1 saturated carbocycles. The number of carbonyl (C=O) groups is 3. The van der Waals surface area contributed by atoms with Gasteiger partial charge in [0.2, 0.25) is 11.8 Å². The minimum absolute atomic E-state index is 0.0532. The topological polar surface area (TPSA) is 123 Å². The lowest BCUT2D eigenvalue weighted by Gasteiger charge is -2.28. The molecule has 43 heavy (non-hydrogen) atoms. The highest BCUT2D eigenvalue weighted by atomic mass is 16.3. The number of benzene rings is 2. The van der Waals surface area contributed by atoms with Gasteiger partial charge in [0.25, 0.3) is 5.91 Å². The Morgan fingerprint density at radius 2 is 1.72 bits per heavy atom. The van der Waals surface area contributed by atoms with Crippen LogP contribution in [0, 0.1) is 5.92 Å². The monoisotopic (exact) mass is 591 g/mol. The van der Waals surface area contributed by atoms with Crippen LogP contribution < -0.4 is 26.2 Å². The van der Waals surface area contributed by atoms with E-state index in [-0.39, 0.29) is 30.3 Å². The van der Waals surface area contributed by atoms with Gasteiger partial charge in [0.15, 0.2) is 0 Å². The van der Waals surface area contributed by atoms with Crippen LogP contribution in [0.1, 0.15) is 81.6 Å². The van der Waals surface area contributed by atoms with Gasteiger partial charge in [-0.3, -0.25) is 14.4 Å². The van der Waals surface area contributed by atoms with Crippen LogP contribution >= 0.6 is 0 Å². The summed E-state index contributed by atoms with van der Waals surface area (Å²) in [4.78, 5) is 40.8. The van der Waals surface area contributed by atoms with Crippen molar-refractivity contribution in [1.29, 1.82) is 0 Å². The van der Waals surface area contributed by atoms with Gasteiger partial charge in [-0.15, -0.1) is 0 Å². The van der Waals surface area contributed by atoms with Gasteiger partial charge < -0.3 is 31.3 Å². The normalized spacial score (nSPS) is 17.9. The largest absolute Gasteiger partial charge is 0.390 e. The average molecular weight is 592 g/mol. The summed E-state index contributed by atoms with van der Waals surface area (Å²) in [6, 6.07) is 14.3. The Bertz CT molecular complexity index is 1210. The van der Waals surface area contributed by atoms with Crippen molar-refractivity contribution in [3.63, 3.8) is 0 Å². The van der Waals surface area contributed by atoms with E-state index in [2.05, 4.69) is 35.1 Å². The van der Waals surface area contributed by atoms with E-state index in [9.17, 15) is 19.5 Å². The summed E-state index contributed by atoms with van der Waals surface area (Å²) in [7, 11) is 0. The molecule has 2 fully saturated rings. The second-order valence-corrected chi connectivity index (χ2v) is 12.5. The van der Waals surface area contributed by atoms with Gasteiger partial charge in [0.1, 0.15) is 0 Å². The van der Waals surface area contributed by atoms with Gasteiger partial charge >= 0.3 is 0 Å². The first kappa shape index (κ1) is 32.5. The zero-order chi connectivity index (χ0) is 30.8. The summed E-state index contributed by atoms with van der Waals surface area (Å²) in [5.74, 6) is 0.0541. The first-order chi connectivity index (χ1) is 20.7. The number of nitrogens with one attached hydrogen (secondary N) is 4. The number of rotatable bonds is 14. The predicted octanol–water partition coefficient (Wildman–Crippen LogP) is 4.01. The van der Waals surface area contributed by atoms with Crippen molar-refractivity contribution >= 4 is 29.1 Å². The van der Waals surface area contributed by atoms with E-state index in [0.29, 0.717) is 36.6 Å². The van der Waals surface area contributed by atoms with Crippen molar-refractivity contribution in [1.82, 2.24) is 16.0 Å². The molecule has 0 unspecified atom stereocenters. The number of nitrogens with zero attached hydrogens (tertiary/aromatic N) is 1. The fourth-order valence-electron chi connectivity index (χ4n) is 5.75. The molecule has 0 spiro atoms. The van der Waals surface area contributed by atoms with Crippen LogP contribution in [0.25, 0.3) is 0 Å². The van der Waals surface area contributed by atoms with Gasteiger partial charge in [0, 0.05) is 49.0 Å². The molecule has 234 valence electrons. The molecule has 2 aromatic rings. The third-order valence-electron chi connectivity index (χ3n) is 8.34. The maximum absolute atomic E-state index is 13.7. The highest BCUT2D eigenvalue weighted by molar-refractivity contribution is 6.00. The molecule has 0 aromatic heterocycles. The van der Waals surface area contributed by atoms with Gasteiger partial charge in [-0.1, -0.05) is 63.4 Å². The Labute approximate surface area is 256 Å². The molecule has 9 nitrogen and oxygen atoms in total. The standard InChI is InChI=1S/C34H49N5O4/c1-23(2)21-36-28-18-26(19-29(20-28)39-16-10-15-32(39)41)34(43)38-30(17-25-11-6-4-7-12-25)31(40)22-35-24(3)33(42)37-27-13-8-5-9-14-27/h4,6-7,11-12,18-20,23-24,27,30-31,35-36,40H,5,8-10,13-17,21-22H2,1-3H3,(H,37,42)(H,38,43)/t24-,30-,31-/m0/s1. The summed E-state index contributed by atoms with van der Waals surface area (Å²) >= 11 is 0. The lowest BCUT2D eigenvalue weighted by molar-refractivity contribution is -0.123. The molecule has 5 N–H and O–H groups in total. The minimum Gasteiger partial charge on any atom is -0.390 e. The van der Waals surface area contributed by atoms with Crippen molar-refractivity contribution in [2.45, 2.75) is 96.4 Å². The third kappa shape index (κ3) is 9.79. The molecule has 0 bridgehead atoms. The molecule has 1 saturated heterocycles. The molecule has 0 radical (unpaired) electrons. The Balaban J connectivity index is 1.47. The number of aliphatic hydroxyl groups excluding tert-OH is 1. The maximum atomic E-state index is 13.7. The quantitative estimate of drug-likeness (QED) is 0.226. The van der Waals surface area contributed by atoms with E-state index in [1.807, 2.05) is 36.4 Å². The maximum Gasteiger partial charge on any atom is 0.251 e. The number of hydrogen-bond donors (Lipinski definition) is 5. The fourth-order valence-corrected chi connectivity index (χ4v) is 5.75. The minimum atomic E-state index is -0.948. The van der Waals surface area contributed by atoms with Gasteiger partial charge in [0.05, 0.1) is 18.2 Å². The van der Waals surface area contributed by atoms with Crippen LogP contribution in [-0.4, -0.2) is 66.7 Å². The Kier molecular flexibility index (Phi) is 12.0. The van der Waals surface area contributed by atoms with E-state index in [1.54, 1.807) is 24.0 Å². The number of anilines is 2. The molecular weight excluding hydrogens is 542 g/mol. The number of amides is 3. The first-order valence-electron chi connectivity index (χ1n) is 16.0. The number of aliphatic hydroxyl groups is 1. The van der Waals surface area contributed by atoms with E-state index < -0.39 is 18.2 Å². The average Bonchev–Trinajstić information content (AvgIpc) is 3.44. The van der Waals surface area contributed by atoms with E-state index in [1.165, 1.54) is 6.42 Å². The Morgan fingerprint density at radius 3 is 2.40 bits per heavy atom. The summed E-state index contributed by atoms with van der Waals surface area (Å²) in [5, 5.41) is 24.1. The summed E-state index contributed by atoms with van der Waals surface area (Å²) in [6.45, 7) is 7.51. The first-order valence-corrected chi connectivity index (χ1v) is 16.0. The zero-order valence-corrected chi connectivity index (χ0v) is 25.9. The van der Waals surface area contributed by atoms with Gasteiger partial charge in [-0.2, -0.15) is 0 Å². The molecule has 9 heteroatoms. The van der Waals surface area contributed by atoms with Crippen molar-refractivity contribution in [2.24, 2.45) is 5.92 Å². The van der Waals surface area contributed by atoms with Gasteiger partial charge in [-0.25, -0.2) is 0 Å². The van der Waals surface area contributed by atoms with Crippen LogP contribution in [0.2, 0.25) is 0 Å². The summed E-state index contributed by atoms with van der Waals surface area (Å²) in [6.07, 6.45) is 6.27. The molecular formula is C34H49N5O4. The molecule has 2 aromatic carbocycles. The smallest absolute Gasteiger partial charge is 0.251 e. The lowest BCUT2D eigenvalue weighted by Crippen LogP contribution is -2.53. The number of hydrogen-bond acceptors (Lipinski definition) is 6. The van der Waals surface area contributed by atoms with Crippen LogP contribution in [0.5, 0.6) is 0 Å². The van der Waals surface area contributed by atoms with Crippen molar-refractivity contribution < 1.29 is 19.5 Å². The van der Waals surface area contributed by atoms with E-state index in [4.69, 9.17) is 0 Å². The molecule has 3 amide bonds. The third-order valence-corrected chi connectivity index (χ3v) is 8.34. The molecule has 1 heterocycles. The van der Waals surface area contributed by atoms with Gasteiger partial charge in [-0.05, 0) is 62.3 Å². The second kappa shape index (κ2) is 15.9. The van der Waals surface area contributed by atoms with Crippen LogP contribution in [0.3, 0.4) is 0 Å².